The number of likely N-dealkylation sites (tertiary alicyclic amines) is 1. The second kappa shape index (κ2) is 8.97. The molecule has 0 bridgehead atoms. The van der Waals surface area contributed by atoms with Crippen LogP contribution in [0.3, 0.4) is 0 Å². The molecule has 2 aliphatic heterocycles. The number of benzene rings is 2. The van der Waals surface area contributed by atoms with Gasteiger partial charge in [0, 0.05) is 48.4 Å². The molecule has 0 aliphatic carbocycles. The summed E-state index contributed by atoms with van der Waals surface area (Å²) in [5.74, 6) is 0.0597. The average Bonchev–Trinajstić information content (AvgIpc) is 3.16. The van der Waals surface area contributed by atoms with Gasteiger partial charge in [0.25, 0.3) is 5.91 Å². The molecule has 1 N–H and O–H groups in total. The number of nitrogens with zero attached hydrogens (tertiary/aromatic N) is 2. The number of nitrogens with one attached hydrogen (secondary N) is 1. The number of piperidine rings is 1. The number of hydrogen-bond donors (Lipinski definition) is 1. The van der Waals surface area contributed by atoms with Gasteiger partial charge in [0.1, 0.15) is 0 Å². The number of halogens is 1. The first-order valence-electron chi connectivity index (χ1n) is 10.3. The molecule has 4 rings (SSSR count). The van der Waals surface area contributed by atoms with Crippen LogP contribution >= 0.6 is 11.6 Å². The lowest BCUT2D eigenvalue weighted by Gasteiger charge is -2.33. The van der Waals surface area contributed by atoms with Gasteiger partial charge in [-0.1, -0.05) is 29.8 Å². The predicted molar refractivity (Wildman–Crippen MR) is 115 cm³/mol. The third-order valence-corrected chi connectivity index (χ3v) is 5.91. The molecule has 2 aromatic rings. The normalized spacial score (nSPS) is 20.1. The molecule has 0 saturated carbocycles. The fraction of sp³-hybridized carbons (Fsp3) is 0.391. The summed E-state index contributed by atoms with van der Waals surface area (Å²) >= 11 is 5.97. The Kier molecular flexibility index (Phi) is 6.16. The van der Waals surface area contributed by atoms with E-state index in [2.05, 4.69) is 22.3 Å². The highest BCUT2D eigenvalue weighted by molar-refractivity contribution is 6.30. The number of hydrogen-bond acceptors (Lipinski definition) is 3. The highest BCUT2D eigenvalue weighted by Crippen LogP contribution is 2.23. The lowest BCUT2D eigenvalue weighted by atomic mass is 10.0. The van der Waals surface area contributed by atoms with E-state index in [0.29, 0.717) is 12.0 Å². The summed E-state index contributed by atoms with van der Waals surface area (Å²) in [6.07, 6.45) is 3.50. The van der Waals surface area contributed by atoms with Crippen LogP contribution in [0.15, 0.2) is 48.5 Å². The molecular formula is C23H26ClN3O2. The molecule has 2 amide bonds. The van der Waals surface area contributed by atoms with E-state index in [0.717, 1.165) is 56.2 Å². The Morgan fingerprint density at radius 1 is 1.10 bits per heavy atom. The second-order valence-corrected chi connectivity index (χ2v) is 8.31. The van der Waals surface area contributed by atoms with Gasteiger partial charge in [-0.05, 0) is 61.7 Å². The molecule has 1 atom stereocenters. The lowest BCUT2D eigenvalue weighted by molar-refractivity contribution is -0.117. The van der Waals surface area contributed by atoms with Crippen molar-refractivity contribution >= 4 is 29.1 Å². The smallest absolute Gasteiger partial charge is 0.251 e. The van der Waals surface area contributed by atoms with Crippen molar-refractivity contribution in [2.75, 3.05) is 24.5 Å². The molecule has 0 radical (unpaired) electrons. The maximum Gasteiger partial charge on any atom is 0.251 e. The first-order valence-corrected chi connectivity index (χ1v) is 10.6. The molecule has 0 aromatic heterocycles. The Hall–Kier alpha value is -2.37. The molecule has 0 spiro atoms. The molecule has 0 unspecified atom stereocenters. The van der Waals surface area contributed by atoms with Crippen LogP contribution < -0.4 is 10.2 Å². The van der Waals surface area contributed by atoms with Crippen molar-refractivity contribution in [2.45, 2.75) is 38.3 Å². The average molecular weight is 412 g/mol. The molecule has 6 heteroatoms. The molecule has 5 nitrogen and oxygen atoms in total. The van der Waals surface area contributed by atoms with Crippen LogP contribution in [0.1, 0.15) is 41.6 Å². The van der Waals surface area contributed by atoms with Crippen molar-refractivity contribution in [1.29, 1.82) is 0 Å². The molecule has 2 aromatic carbocycles. The topological polar surface area (TPSA) is 52.7 Å². The monoisotopic (exact) mass is 411 g/mol. The predicted octanol–water partition coefficient (Wildman–Crippen LogP) is 3.86. The molecular weight excluding hydrogens is 386 g/mol. The van der Waals surface area contributed by atoms with Gasteiger partial charge in [-0.3, -0.25) is 14.5 Å². The first-order chi connectivity index (χ1) is 14.1. The Labute approximate surface area is 176 Å². The minimum absolute atomic E-state index is 0.0724. The van der Waals surface area contributed by atoms with Crippen LogP contribution in [-0.2, 0) is 11.3 Å². The minimum atomic E-state index is -0.0724. The highest BCUT2D eigenvalue weighted by atomic mass is 35.5. The van der Waals surface area contributed by atoms with Crippen molar-refractivity contribution in [3.63, 3.8) is 0 Å². The van der Waals surface area contributed by atoms with E-state index in [1.165, 1.54) is 5.56 Å². The Morgan fingerprint density at radius 2 is 1.93 bits per heavy atom. The number of amides is 2. The van der Waals surface area contributed by atoms with E-state index in [4.69, 9.17) is 11.6 Å². The Bertz CT molecular complexity index is 884. The fourth-order valence-corrected chi connectivity index (χ4v) is 4.30. The number of carbonyl (C=O) groups is 2. The number of rotatable bonds is 5. The standard InChI is InChI=1S/C23H26ClN3O2/c24-19-10-8-17(9-11-19)15-26-12-2-5-20(16-26)25-23(29)18-4-1-6-21(14-18)27-13-3-7-22(27)28/h1,4,6,8-11,14,20H,2-3,5,7,12-13,15-16H2,(H,25,29)/t20-/m1/s1. The largest absolute Gasteiger partial charge is 0.348 e. The molecule has 2 aliphatic rings. The lowest BCUT2D eigenvalue weighted by Crippen LogP contribution is -2.47. The number of carbonyl (C=O) groups excluding carboxylic acids is 2. The van der Waals surface area contributed by atoms with E-state index in [-0.39, 0.29) is 17.9 Å². The van der Waals surface area contributed by atoms with Gasteiger partial charge in [-0.15, -0.1) is 0 Å². The summed E-state index contributed by atoms with van der Waals surface area (Å²) in [7, 11) is 0. The summed E-state index contributed by atoms with van der Waals surface area (Å²) in [5.41, 5.74) is 2.65. The summed E-state index contributed by atoms with van der Waals surface area (Å²) in [4.78, 5) is 28.9. The first kappa shape index (κ1) is 19.9. The van der Waals surface area contributed by atoms with Crippen molar-refractivity contribution in [3.8, 4) is 0 Å². The molecule has 29 heavy (non-hydrogen) atoms. The third kappa shape index (κ3) is 4.98. The van der Waals surface area contributed by atoms with Crippen molar-refractivity contribution in [2.24, 2.45) is 0 Å². The van der Waals surface area contributed by atoms with Gasteiger partial charge in [-0.25, -0.2) is 0 Å². The van der Waals surface area contributed by atoms with Crippen LogP contribution in [-0.4, -0.2) is 42.4 Å². The van der Waals surface area contributed by atoms with Crippen molar-refractivity contribution < 1.29 is 9.59 Å². The van der Waals surface area contributed by atoms with E-state index in [1.807, 2.05) is 36.4 Å². The van der Waals surface area contributed by atoms with E-state index in [9.17, 15) is 9.59 Å². The summed E-state index contributed by atoms with van der Waals surface area (Å²) in [6, 6.07) is 15.4. The molecule has 2 fully saturated rings. The van der Waals surface area contributed by atoms with E-state index in [1.54, 1.807) is 4.90 Å². The highest BCUT2D eigenvalue weighted by Gasteiger charge is 2.24. The van der Waals surface area contributed by atoms with Crippen LogP contribution in [0, 0.1) is 0 Å². The van der Waals surface area contributed by atoms with Gasteiger partial charge >= 0.3 is 0 Å². The second-order valence-electron chi connectivity index (χ2n) is 7.87. The number of anilines is 1. The van der Waals surface area contributed by atoms with Crippen LogP contribution in [0.5, 0.6) is 0 Å². The van der Waals surface area contributed by atoms with Crippen molar-refractivity contribution in [3.05, 3.63) is 64.7 Å². The van der Waals surface area contributed by atoms with Crippen molar-refractivity contribution in [1.82, 2.24) is 10.2 Å². The van der Waals surface area contributed by atoms with Gasteiger partial charge in [-0.2, -0.15) is 0 Å². The molecule has 2 heterocycles. The maximum absolute atomic E-state index is 12.8. The van der Waals surface area contributed by atoms with Gasteiger partial charge in [0.15, 0.2) is 0 Å². The zero-order valence-electron chi connectivity index (χ0n) is 16.4. The maximum atomic E-state index is 12.8. The van der Waals surface area contributed by atoms with Gasteiger partial charge in [0.2, 0.25) is 5.91 Å². The van der Waals surface area contributed by atoms with Crippen LogP contribution in [0.25, 0.3) is 0 Å². The quantitative estimate of drug-likeness (QED) is 0.812. The van der Waals surface area contributed by atoms with E-state index >= 15 is 0 Å². The SMILES string of the molecule is O=C(N[C@@H]1CCCN(Cc2ccc(Cl)cc2)C1)c1cccc(N2CCCC2=O)c1. The zero-order valence-corrected chi connectivity index (χ0v) is 17.2. The fourth-order valence-electron chi connectivity index (χ4n) is 4.17. The summed E-state index contributed by atoms with van der Waals surface area (Å²) < 4.78 is 0. The third-order valence-electron chi connectivity index (χ3n) is 5.65. The van der Waals surface area contributed by atoms with Gasteiger partial charge in [0.05, 0.1) is 0 Å². The summed E-state index contributed by atoms with van der Waals surface area (Å²) in [5, 5.41) is 3.93. The van der Waals surface area contributed by atoms with Crippen LogP contribution in [0.2, 0.25) is 5.02 Å². The molecule has 152 valence electrons. The molecule has 2 saturated heterocycles. The van der Waals surface area contributed by atoms with Crippen LogP contribution in [0.4, 0.5) is 5.69 Å². The Balaban J connectivity index is 1.36. The summed E-state index contributed by atoms with van der Waals surface area (Å²) in [6.45, 7) is 3.45. The minimum Gasteiger partial charge on any atom is -0.348 e. The van der Waals surface area contributed by atoms with E-state index < -0.39 is 0 Å². The van der Waals surface area contributed by atoms with Gasteiger partial charge < -0.3 is 10.2 Å². The Morgan fingerprint density at radius 3 is 2.69 bits per heavy atom. The zero-order chi connectivity index (χ0) is 20.2.